The summed E-state index contributed by atoms with van der Waals surface area (Å²) < 4.78 is 69.1. The molecule has 5 aromatic carbocycles. The van der Waals surface area contributed by atoms with Crippen molar-refractivity contribution in [1.82, 2.24) is 20.0 Å². The number of hydrogen-bond donors (Lipinski definition) is 1. The van der Waals surface area contributed by atoms with E-state index in [4.69, 9.17) is 66.8 Å². The van der Waals surface area contributed by atoms with Gasteiger partial charge in [-0.05, 0) is 122 Å². The van der Waals surface area contributed by atoms with Gasteiger partial charge in [0.2, 0.25) is 5.91 Å². The zero-order valence-electron chi connectivity index (χ0n) is 66.5. The van der Waals surface area contributed by atoms with Crippen LogP contribution in [0.2, 0.25) is 0 Å². The lowest BCUT2D eigenvalue weighted by atomic mass is 9.88. The number of aryl methyl sites for hydroxylation is 1. The third-order valence-electron chi connectivity index (χ3n) is 20.4. The van der Waals surface area contributed by atoms with Crippen molar-refractivity contribution in [3.8, 4) is 17.2 Å². The molecule has 0 aliphatic carbocycles. The first-order chi connectivity index (χ1) is 55.1. The molecule has 0 saturated carbocycles. The maximum atomic E-state index is 14.2. The number of fused-ring (bicyclic) bond motifs is 5. The highest BCUT2D eigenvalue weighted by Gasteiger charge is 2.42. The van der Waals surface area contributed by atoms with Crippen LogP contribution in [-0.2, 0) is 111 Å². The summed E-state index contributed by atoms with van der Waals surface area (Å²) in [5.74, 6) is -1.35. The Kier molecular flexibility index (Phi) is 33.0. The van der Waals surface area contributed by atoms with Gasteiger partial charge in [0, 0.05) is 114 Å². The number of imide groups is 1. The molecule has 0 spiro atoms. The molecule has 0 aromatic heterocycles. The monoisotopic (exact) mass is 1570 g/mol. The highest BCUT2D eigenvalue weighted by Crippen LogP contribution is 2.41. The first kappa shape index (κ1) is 86.5. The molecule has 5 aliphatic rings. The maximum Gasteiger partial charge on any atom is 0.414 e. The van der Waals surface area contributed by atoms with Crippen LogP contribution in [0, 0.1) is 18.8 Å². The number of methoxy groups -OCH3 is 1. The third-order valence-corrected chi connectivity index (χ3v) is 20.4. The topological polar surface area (TPSA) is 314 Å². The Hall–Kier alpha value is -9.91. The number of amides is 6. The summed E-state index contributed by atoms with van der Waals surface area (Å²) in [6.45, 7) is 16.4. The van der Waals surface area contributed by atoms with Gasteiger partial charge in [-0.1, -0.05) is 62.4 Å². The van der Waals surface area contributed by atoms with Crippen LogP contribution in [0.5, 0.6) is 17.2 Å². The molecule has 6 amide bonds. The summed E-state index contributed by atoms with van der Waals surface area (Å²) in [5.41, 5.74) is 7.65. The van der Waals surface area contributed by atoms with E-state index >= 15 is 0 Å². The molecule has 5 aromatic rings. The lowest BCUT2D eigenvalue weighted by Gasteiger charge is -2.34. The summed E-state index contributed by atoms with van der Waals surface area (Å²) in [5, 5.41) is 2.84. The largest absolute Gasteiger partial charge is 0.493 e. The molecule has 1 N–H and O–H groups in total. The maximum absolute atomic E-state index is 14.2. The molecular formula is C86H107N7O21. The van der Waals surface area contributed by atoms with E-state index in [0.29, 0.717) is 193 Å². The van der Waals surface area contributed by atoms with Gasteiger partial charge in [0.1, 0.15) is 37.1 Å². The normalized spacial score (nSPS) is 16.6. The van der Waals surface area contributed by atoms with Crippen LogP contribution >= 0.6 is 0 Å². The third kappa shape index (κ3) is 25.0. The molecule has 28 nitrogen and oxygen atoms in total. The Labute approximate surface area is 666 Å². The van der Waals surface area contributed by atoms with Gasteiger partial charge in [0.15, 0.2) is 17.3 Å². The van der Waals surface area contributed by atoms with Crippen LogP contribution in [0.15, 0.2) is 113 Å². The van der Waals surface area contributed by atoms with Crippen molar-refractivity contribution < 1.29 is 100.0 Å². The summed E-state index contributed by atoms with van der Waals surface area (Å²) in [6, 6.07) is 26.7. The first-order valence-electron chi connectivity index (χ1n) is 39.2. The Morgan fingerprint density at radius 2 is 1.16 bits per heavy atom. The second-order valence-corrected chi connectivity index (χ2v) is 29.3. The van der Waals surface area contributed by atoms with Crippen LogP contribution in [0.3, 0.4) is 0 Å². The minimum absolute atomic E-state index is 0.00130. The Morgan fingerprint density at radius 3 is 1.77 bits per heavy atom. The molecule has 10 rings (SSSR count). The Bertz CT molecular complexity index is 4240. The lowest BCUT2D eigenvalue weighted by Crippen LogP contribution is -2.45. The number of benzene rings is 5. The molecule has 5 heterocycles. The fourth-order valence-electron chi connectivity index (χ4n) is 13.7. The fourth-order valence-corrected chi connectivity index (χ4v) is 13.7. The number of ketones is 3. The van der Waals surface area contributed by atoms with E-state index in [1.54, 1.807) is 56.4 Å². The van der Waals surface area contributed by atoms with Crippen molar-refractivity contribution in [3.05, 3.63) is 153 Å². The van der Waals surface area contributed by atoms with Crippen LogP contribution in [0.25, 0.3) is 0 Å². The van der Waals surface area contributed by atoms with Gasteiger partial charge < -0.3 is 72.0 Å². The molecule has 612 valence electrons. The molecule has 1 unspecified atom stereocenters. The van der Waals surface area contributed by atoms with E-state index < -0.39 is 23.6 Å². The van der Waals surface area contributed by atoms with Crippen molar-refractivity contribution in [2.45, 2.75) is 136 Å². The number of carbonyl (C=O) groups excluding carboxylic acids is 9. The van der Waals surface area contributed by atoms with E-state index in [1.165, 1.54) is 29.7 Å². The van der Waals surface area contributed by atoms with Crippen LogP contribution in [-0.4, -0.2) is 231 Å². The molecule has 28 heteroatoms. The van der Waals surface area contributed by atoms with Crippen molar-refractivity contribution in [2.24, 2.45) is 21.8 Å². The number of nitrogens with zero attached hydrogens (tertiary/aromatic N) is 6. The summed E-state index contributed by atoms with van der Waals surface area (Å²) in [4.78, 5) is 133. The van der Waals surface area contributed by atoms with Gasteiger partial charge in [-0.3, -0.25) is 58.1 Å². The van der Waals surface area contributed by atoms with Gasteiger partial charge >= 0.3 is 6.09 Å². The number of hydrogen-bond acceptors (Lipinski definition) is 23. The van der Waals surface area contributed by atoms with Crippen LogP contribution in [0.1, 0.15) is 132 Å². The standard InChI is InChI=1S/C86H107N7O21/c1-58(2)71(48-70(95)22-27-105-29-31-107-33-35-109-37-39-111-41-40-110-38-36-108-34-32-106-30-28-104-26-10-14-69(94)21-25-91-80(97)19-20-81(91)98)82(99)89-60(4)76(96)46-61-15-17-62(18-16-61)54-114-85(102)90(6)67-44-63(55-112-77-50-75-72(42-59(77)3)84(101)93-24-11-23-86(93,5)57-88-75)43-64(45-67)56-113-79-51-74-73(49-78(79)103-7)83(100)92-53-66-13-9-8-12-65(66)47-68(92)52-87-74/h8-9,12-13,15-20,42-45,49-52,57-58,60,68,71H,10-11,14,21-41,46-48,53-56H2,1-7H3,(H,89,99)/t60-,68?,71-,86-/m0/s1. The van der Waals surface area contributed by atoms with E-state index in [1.807, 2.05) is 92.4 Å². The predicted molar refractivity (Wildman–Crippen MR) is 423 cm³/mol. The number of anilines is 1. The smallest absolute Gasteiger partial charge is 0.414 e. The minimum atomic E-state index is -0.833. The quantitative estimate of drug-likeness (QED) is 0.0279. The molecule has 1 saturated heterocycles. The molecule has 0 bridgehead atoms. The van der Waals surface area contributed by atoms with Gasteiger partial charge in [0.05, 0.1) is 146 Å². The van der Waals surface area contributed by atoms with Crippen molar-refractivity contribution in [2.75, 3.05) is 138 Å². The minimum Gasteiger partial charge on any atom is -0.493 e. The Morgan fingerprint density at radius 1 is 0.596 bits per heavy atom. The number of ether oxygens (including phenoxy) is 12. The average molecular weight is 1570 g/mol. The lowest BCUT2D eigenvalue weighted by molar-refractivity contribution is -0.137. The summed E-state index contributed by atoms with van der Waals surface area (Å²) in [7, 11) is 3.12. The van der Waals surface area contributed by atoms with Crippen molar-refractivity contribution >= 4 is 82.5 Å². The molecule has 5 aliphatic heterocycles. The molecule has 0 radical (unpaired) electrons. The van der Waals surface area contributed by atoms with Gasteiger partial charge in [-0.2, -0.15) is 0 Å². The molecule has 4 atom stereocenters. The molecule has 114 heavy (non-hydrogen) atoms. The zero-order valence-corrected chi connectivity index (χ0v) is 66.5. The molecular weight excluding hydrogens is 1470 g/mol. The zero-order chi connectivity index (χ0) is 80.9. The van der Waals surface area contributed by atoms with E-state index in [-0.39, 0.29) is 124 Å². The highest BCUT2D eigenvalue weighted by atomic mass is 16.6. The fraction of sp³-hybridized carbons (Fsp3) is 0.500. The van der Waals surface area contributed by atoms with Crippen molar-refractivity contribution in [1.29, 1.82) is 0 Å². The van der Waals surface area contributed by atoms with E-state index in [9.17, 15) is 43.2 Å². The number of Topliss-reactive ketones (excluding diaryl/α,β-unsaturated/α-hetero) is 3. The predicted octanol–water partition coefficient (Wildman–Crippen LogP) is 9.96. The van der Waals surface area contributed by atoms with Gasteiger partial charge in [-0.15, -0.1) is 0 Å². The molecule has 1 fully saturated rings. The second kappa shape index (κ2) is 43.5. The summed E-state index contributed by atoms with van der Waals surface area (Å²) >= 11 is 0. The SMILES string of the molecule is COc1cc2c(cc1OCc1cc(COc3cc4c(cc3C)C(=O)N3CCC[C@@]3(C)C=N4)cc(N(C)C(=O)OCc3ccc(CC(=O)[C@H](C)NC(=O)[C@@H](CC(=O)CCOCCOCCOCCOCCOCCOCCOCCOCCCC(=O)CCN4C(=O)C=CC4=O)C(C)C)cc3)c1)N=CC1Cc3ccccc3CN1C2=O. The van der Waals surface area contributed by atoms with Crippen LogP contribution < -0.4 is 24.4 Å². The second-order valence-electron chi connectivity index (χ2n) is 29.3. The van der Waals surface area contributed by atoms with E-state index in [0.717, 1.165) is 28.9 Å². The highest BCUT2D eigenvalue weighted by molar-refractivity contribution is 6.13. The number of rotatable bonds is 49. The number of carbonyl (C=O) groups is 9. The van der Waals surface area contributed by atoms with Gasteiger partial charge in [-0.25, -0.2) is 4.79 Å². The Balaban J connectivity index is 0.592. The first-order valence-corrected chi connectivity index (χ1v) is 39.2. The van der Waals surface area contributed by atoms with Crippen molar-refractivity contribution in [3.63, 3.8) is 0 Å². The number of aliphatic imine (C=N–C) groups is 2. The van der Waals surface area contributed by atoms with E-state index in [2.05, 4.69) is 11.4 Å². The summed E-state index contributed by atoms with van der Waals surface area (Å²) in [6.07, 6.45) is 8.96. The average Bonchev–Trinajstić information content (AvgIpc) is 1.53. The number of nitrogens with one attached hydrogen (secondary N) is 1. The van der Waals surface area contributed by atoms with Gasteiger partial charge in [0.25, 0.3) is 23.6 Å². The van der Waals surface area contributed by atoms with Crippen LogP contribution in [0.4, 0.5) is 21.9 Å².